The largest absolute Gasteiger partial charge is 0.495 e. The molecule has 0 aliphatic heterocycles. The van der Waals surface area contributed by atoms with Crippen molar-refractivity contribution in [2.75, 3.05) is 13.7 Å². The Morgan fingerprint density at radius 3 is 2.45 bits per heavy atom. The quantitative estimate of drug-likeness (QED) is 0.326. The third-order valence-electron chi connectivity index (χ3n) is 3.98. The number of amides is 1. The van der Waals surface area contributed by atoms with E-state index < -0.39 is 17.7 Å². The summed E-state index contributed by atoms with van der Waals surface area (Å²) in [5.74, 6) is -1.14. The molecular formula is C19H21N5O5. The number of methoxy groups -OCH3 is 1. The molecule has 1 aromatic carbocycles. The highest BCUT2D eigenvalue weighted by Gasteiger charge is 2.26. The highest BCUT2D eigenvalue weighted by Crippen LogP contribution is 2.18. The van der Waals surface area contributed by atoms with E-state index in [2.05, 4.69) is 17.0 Å². The van der Waals surface area contributed by atoms with Gasteiger partial charge in [-0.2, -0.15) is 4.68 Å². The number of para-hydroxylation sites is 1. The average molecular weight is 399 g/mol. The van der Waals surface area contributed by atoms with Gasteiger partial charge in [-0.05, 0) is 42.5 Å². The Balaban J connectivity index is 2.52. The van der Waals surface area contributed by atoms with Crippen molar-refractivity contribution in [2.45, 2.75) is 13.8 Å². The lowest BCUT2D eigenvalue weighted by molar-refractivity contribution is -0.132. The number of carboxylic acid groups (broad SMARTS) is 1. The molecule has 0 unspecified atom stereocenters. The van der Waals surface area contributed by atoms with Crippen molar-refractivity contribution >= 4 is 12.0 Å². The number of carboxylic acids is 1. The number of likely N-dealkylation sites (N-methyl/N-ethyl adjacent to an activating group) is 1. The van der Waals surface area contributed by atoms with Crippen LogP contribution in [0.15, 0.2) is 70.9 Å². The van der Waals surface area contributed by atoms with Crippen molar-refractivity contribution < 1.29 is 19.4 Å². The number of allylic oxidation sites excluding steroid dienone is 1. The van der Waals surface area contributed by atoms with Gasteiger partial charge in [0.1, 0.15) is 5.76 Å². The van der Waals surface area contributed by atoms with Crippen LogP contribution in [0.3, 0.4) is 0 Å². The molecule has 1 heterocycles. The molecule has 0 saturated heterocycles. The van der Waals surface area contributed by atoms with Crippen molar-refractivity contribution in [1.82, 2.24) is 24.7 Å². The molecule has 2 aromatic rings. The normalized spacial score (nSPS) is 11.8. The van der Waals surface area contributed by atoms with Gasteiger partial charge in [0.15, 0.2) is 0 Å². The first-order chi connectivity index (χ1) is 13.8. The molecule has 1 N–H and O–H groups in total. The van der Waals surface area contributed by atoms with E-state index in [0.29, 0.717) is 10.4 Å². The Morgan fingerprint density at radius 2 is 1.93 bits per heavy atom. The number of nitrogens with zero attached hydrogens (tertiary/aromatic N) is 5. The number of aliphatic carboxylic acids is 1. The molecule has 1 aromatic heterocycles. The second-order valence-electron chi connectivity index (χ2n) is 5.65. The van der Waals surface area contributed by atoms with Gasteiger partial charge in [0.05, 0.1) is 24.1 Å². The van der Waals surface area contributed by atoms with Crippen molar-refractivity contribution in [3.63, 3.8) is 0 Å². The van der Waals surface area contributed by atoms with Crippen LogP contribution in [0, 0.1) is 0 Å². The van der Waals surface area contributed by atoms with Gasteiger partial charge in [0, 0.05) is 6.54 Å². The zero-order valence-corrected chi connectivity index (χ0v) is 16.3. The summed E-state index contributed by atoms with van der Waals surface area (Å²) in [5.41, 5.74) is -0.327. The molecule has 1 amide bonds. The first-order valence-corrected chi connectivity index (χ1v) is 8.62. The Morgan fingerprint density at radius 1 is 1.28 bits per heavy atom. The van der Waals surface area contributed by atoms with Gasteiger partial charge in [-0.3, -0.25) is 4.90 Å². The van der Waals surface area contributed by atoms with Crippen LogP contribution < -0.4 is 5.69 Å². The van der Waals surface area contributed by atoms with E-state index in [1.807, 2.05) is 0 Å². The molecule has 0 fully saturated rings. The topological polar surface area (TPSA) is 120 Å². The number of hydrogen-bond donors (Lipinski definition) is 1. The molecule has 10 nitrogen and oxygen atoms in total. The zero-order valence-electron chi connectivity index (χ0n) is 16.3. The summed E-state index contributed by atoms with van der Waals surface area (Å²) in [7, 11) is 1.34. The van der Waals surface area contributed by atoms with Crippen molar-refractivity contribution in [3.8, 4) is 5.69 Å². The number of carbonyl (C=O) groups excluding carboxylic acids is 1. The highest BCUT2D eigenvalue weighted by atomic mass is 16.5. The summed E-state index contributed by atoms with van der Waals surface area (Å²) in [6, 6.07) is 7.67. The molecule has 10 heteroatoms. The summed E-state index contributed by atoms with van der Waals surface area (Å²) >= 11 is 0. The summed E-state index contributed by atoms with van der Waals surface area (Å²) in [6.45, 7) is 6.99. The van der Waals surface area contributed by atoms with Crippen LogP contribution >= 0.6 is 0 Å². The van der Waals surface area contributed by atoms with Gasteiger partial charge in [0.2, 0.25) is 0 Å². The number of aromatic nitrogens is 4. The van der Waals surface area contributed by atoms with Gasteiger partial charge in [-0.1, -0.05) is 30.9 Å². The minimum absolute atomic E-state index is 0.0456. The fraction of sp³-hybridized carbons (Fsp3) is 0.211. The van der Waals surface area contributed by atoms with Gasteiger partial charge < -0.3 is 9.84 Å². The van der Waals surface area contributed by atoms with E-state index in [4.69, 9.17) is 4.74 Å². The van der Waals surface area contributed by atoms with Gasteiger partial charge in [-0.25, -0.2) is 14.4 Å². The lowest BCUT2D eigenvalue weighted by atomic mass is 10.2. The monoisotopic (exact) mass is 399 g/mol. The second kappa shape index (κ2) is 9.31. The molecule has 29 heavy (non-hydrogen) atoms. The second-order valence-corrected chi connectivity index (χ2v) is 5.65. The van der Waals surface area contributed by atoms with Crippen molar-refractivity contribution in [2.24, 2.45) is 0 Å². The van der Waals surface area contributed by atoms with Crippen LogP contribution in [0.2, 0.25) is 0 Å². The molecule has 0 bridgehead atoms. The summed E-state index contributed by atoms with van der Waals surface area (Å²) in [6.07, 6.45) is 2.60. The van der Waals surface area contributed by atoms with Crippen molar-refractivity contribution in [3.05, 3.63) is 76.6 Å². The van der Waals surface area contributed by atoms with Crippen LogP contribution in [0.25, 0.3) is 5.69 Å². The number of tetrazole rings is 1. The molecule has 0 aliphatic carbocycles. The van der Waals surface area contributed by atoms with E-state index in [1.165, 1.54) is 19.3 Å². The van der Waals surface area contributed by atoms with E-state index in [0.717, 1.165) is 9.58 Å². The Labute approximate surface area is 166 Å². The zero-order chi connectivity index (χ0) is 21.6. The van der Waals surface area contributed by atoms with Crippen LogP contribution in [0.1, 0.15) is 13.8 Å². The maximum atomic E-state index is 13.0. The Hall–Kier alpha value is -3.95. The predicted molar refractivity (Wildman–Crippen MR) is 104 cm³/mol. The molecular weight excluding hydrogens is 378 g/mol. The molecule has 0 atom stereocenters. The molecule has 0 saturated carbocycles. The third-order valence-corrected chi connectivity index (χ3v) is 3.98. The molecule has 152 valence electrons. The Kier molecular flexibility index (Phi) is 6.85. The summed E-state index contributed by atoms with van der Waals surface area (Å²) < 4.78 is 6.67. The van der Waals surface area contributed by atoms with E-state index >= 15 is 0 Å². The SMILES string of the molecule is C=C(OC)/C(=C\C(=C/C)C(=O)O)N(CC)C(=O)n1nnn(-c2ccccc2)c1=O. The fourth-order valence-electron chi connectivity index (χ4n) is 2.45. The smallest absolute Gasteiger partial charge is 0.377 e. The average Bonchev–Trinajstić information content (AvgIpc) is 3.11. The summed E-state index contributed by atoms with van der Waals surface area (Å²) in [4.78, 5) is 38.2. The predicted octanol–water partition coefficient (Wildman–Crippen LogP) is 1.79. The van der Waals surface area contributed by atoms with Crippen molar-refractivity contribution in [1.29, 1.82) is 0 Å². The minimum Gasteiger partial charge on any atom is -0.495 e. The van der Waals surface area contributed by atoms with E-state index in [1.54, 1.807) is 44.2 Å². The number of carbonyl (C=O) groups is 2. The fourth-order valence-corrected chi connectivity index (χ4v) is 2.45. The number of hydrogen-bond acceptors (Lipinski definition) is 6. The Bertz CT molecular complexity index is 1030. The lowest BCUT2D eigenvalue weighted by Crippen LogP contribution is -2.41. The van der Waals surface area contributed by atoms with Gasteiger partial charge in [0.25, 0.3) is 0 Å². The van der Waals surface area contributed by atoms with Crippen LogP contribution in [-0.2, 0) is 9.53 Å². The summed E-state index contributed by atoms with van der Waals surface area (Å²) in [5, 5.41) is 16.7. The first-order valence-electron chi connectivity index (χ1n) is 8.62. The first kappa shape index (κ1) is 21.4. The van der Waals surface area contributed by atoms with E-state index in [-0.39, 0.29) is 23.6 Å². The van der Waals surface area contributed by atoms with Crippen LogP contribution in [0.4, 0.5) is 4.79 Å². The minimum atomic E-state index is -1.19. The third kappa shape index (κ3) is 4.49. The van der Waals surface area contributed by atoms with E-state index in [9.17, 15) is 19.5 Å². The highest BCUT2D eigenvalue weighted by molar-refractivity contribution is 5.90. The molecule has 2 rings (SSSR count). The number of rotatable bonds is 7. The number of ether oxygens (including phenoxy) is 1. The lowest BCUT2D eigenvalue weighted by Gasteiger charge is -2.23. The van der Waals surface area contributed by atoms with Gasteiger partial charge >= 0.3 is 17.7 Å². The molecule has 0 spiro atoms. The molecule has 0 aliphatic rings. The maximum absolute atomic E-state index is 13.0. The van der Waals surface area contributed by atoms with Gasteiger partial charge in [-0.15, -0.1) is 4.68 Å². The molecule has 0 radical (unpaired) electrons. The van der Waals surface area contributed by atoms with Crippen LogP contribution in [0.5, 0.6) is 0 Å². The number of benzene rings is 1. The maximum Gasteiger partial charge on any atom is 0.377 e. The van der Waals surface area contributed by atoms with Crippen LogP contribution in [-0.4, -0.2) is 55.5 Å². The standard InChI is InChI=1S/C19H21N5O5/c1-5-14(17(25)26)12-16(13(3)29-4)22(6-2)18(27)24-19(28)23(20-21-24)15-10-8-7-9-11-15/h5,7-12H,3,6H2,1-2,4H3,(H,25,26)/b14-5+,16-12+.